The molecule has 0 radical (unpaired) electrons. The Hall–Kier alpha value is -1.51. The third-order valence-electron chi connectivity index (χ3n) is 3.99. The van der Waals surface area contributed by atoms with Gasteiger partial charge in [-0.2, -0.15) is 4.31 Å². The summed E-state index contributed by atoms with van der Waals surface area (Å²) in [4.78, 5) is 16.1. The highest BCUT2D eigenvalue weighted by Crippen LogP contribution is 2.34. The molecule has 0 saturated carbocycles. The van der Waals surface area contributed by atoms with E-state index in [1.165, 1.54) is 10.6 Å². The lowest BCUT2D eigenvalue weighted by Gasteiger charge is -2.38. The minimum Gasteiger partial charge on any atom is -0.489 e. The predicted octanol–water partition coefficient (Wildman–Crippen LogP) is 1.24. The lowest BCUT2D eigenvalue weighted by atomic mass is 10.2. The lowest BCUT2D eigenvalue weighted by Crippen LogP contribution is -2.55. The van der Waals surface area contributed by atoms with E-state index in [2.05, 4.69) is 0 Å². The van der Waals surface area contributed by atoms with Crippen LogP contribution in [0.2, 0.25) is 5.02 Å². The molecule has 2 aliphatic rings. The second-order valence-corrected chi connectivity index (χ2v) is 7.96. The Bertz CT molecular complexity index is 717. The first-order chi connectivity index (χ1) is 10.9. The highest BCUT2D eigenvalue weighted by atomic mass is 35.5. The summed E-state index contributed by atoms with van der Waals surface area (Å²) in [5.74, 6) is 0.590. The Morgan fingerprint density at radius 3 is 2.52 bits per heavy atom. The monoisotopic (exact) mass is 359 g/mol. The van der Waals surface area contributed by atoms with Crippen LogP contribution < -0.4 is 9.64 Å². The first kappa shape index (κ1) is 16.4. The fourth-order valence-electron chi connectivity index (χ4n) is 2.77. The molecule has 0 atom stereocenters. The van der Waals surface area contributed by atoms with E-state index in [1.54, 1.807) is 28.0 Å². The molecule has 0 aliphatic carbocycles. The average Bonchev–Trinajstić information content (AvgIpc) is 2.52. The number of anilines is 1. The Kier molecular flexibility index (Phi) is 4.39. The van der Waals surface area contributed by atoms with Gasteiger partial charge in [0.25, 0.3) is 0 Å². The smallest absolute Gasteiger partial charge is 0.324 e. The third-order valence-corrected chi connectivity index (χ3v) is 5.53. The molecule has 0 bridgehead atoms. The summed E-state index contributed by atoms with van der Waals surface area (Å²) < 4.78 is 30.0. The molecule has 7 nitrogen and oxygen atoms in total. The first-order valence-corrected chi connectivity index (χ1v) is 9.53. The van der Waals surface area contributed by atoms with Crippen molar-refractivity contribution in [2.45, 2.75) is 0 Å². The number of ether oxygens (including phenoxy) is 1. The number of hydrogen-bond donors (Lipinski definition) is 0. The molecule has 1 fully saturated rings. The van der Waals surface area contributed by atoms with Crippen molar-refractivity contribution in [1.82, 2.24) is 9.21 Å². The van der Waals surface area contributed by atoms with Gasteiger partial charge in [0.05, 0.1) is 18.5 Å². The van der Waals surface area contributed by atoms with Crippen molar-refractivity contribution in [2.24, 2.45) is 0 Å². The molecule has 126 valence electrons. The first-order valence-electron chi connectivity index (χ1n) is 7.30. The van der Waals surface area contributed by atoms with E-state index < -0.39 is 10.0 Å². The van der Waals surface area contributed by atoms with Crippen molar-refractivity contribution in [3.63, 3.8) is 0 Å². The zero-order chi connectivity index (χ0) is 16.6. The lowest BCUT2D eigenvalue weighted by molar-refractivity contribution is 0.175. The highest BCUT2D eigenvalue weighted by molar-refractivity contribution is 7.88. The number of amides is 2. The predicted molar refractivity (Wildman–Crippen MR) is 87.7 cm³/mol. The van der Waals surface area contributed by atoms with Crippen molar-refractivity contribution in [1.29, 1.82) is 0 Å². The topological polar surface area (TPSA) is 70.2 Å². The number of nitrogens with zero attached hydrogens (tertiary/aromatic N) is 3. The van der Waals surface area contributed by atoms with Gasteiger partial charge in [0.2, 0.25) is 10.0 Å². The van der Waals surface area contributed by atoms with Gasteiger partial charge in [-0.15, -0.1) is 0 Å². The van der Waals surface area contributed by atoms with Crippen molar-refractivity contribution in [3.8, 4) is 5.75 Å². The van der Waals surface area contributed by atoms with Gasteiger partial charge < -0.3 is 9.64 Å². The zero-order valence-electron chi connectivity index (χ0n) is 12.7. The van der Waals surface area contributed by atoms with Crippen molar-refractivity contribution in [3.05, 3.63) is 23.2 Å². The van der Waals surface area contributed by atoms with Gasteiger partial charge >= 0.3 is 6.03 Å². The number of fused-ring (bicyclic) bond motifs is 1. The quantitative estimate of drug-likeness (QED) is 0.756. The normalized spacial score (nSPS) is 19.2. The third kappa shape index (κ3) is 3.39. The second kappa shape index (κ2) is 6.18. The number of sulfonamides is 1. The summed E-state index contributed by atoms with van der Waals surface area (Å²) in [5, 5.41) is 0.555. The van der Waals surface area contributed by atoms with Gasteiger partial charge in [0, 0.05) is 37.3 Å². The minimum absolute atomic E-state index is 0.134. The average molecular weight is 360 g/mol. The van der Waals surface area contributed by atoms with Gasteiger partial charge in [-0.1, -0.05) is 11.6 Å². The number of urea groups is 1. The number of rotatable bonds is 1. The maximum atomic E-state index is 12.8. The fraction of sp³-hybridized carbons (Fsp3) is 0.500. The molecule has 0 N–H and O–H groups in total. The minimum atomic E-state index is -3.21. The van der Waals surface area contributed by atoms with Gasteiger partial charge in [0.15, 0.2) is 0 Å². The summed E-state index contributed by atoms with van der Waals surface area (Å²) >= 11 is 5.96. The van der Waals surface area contributed by atoms with E-state index in [1.807, 2.05) is 0 Å². The van der Waals surface area contributed by atoms with Gasteiger partial charge in [0.1, 0.15) is 12.4 Å². The van der Waals surface area contributed by atoms with Crippen LogP contribution in [-0.2, 0) is 10.0 Å². The molecule has 0 aromatic heterocycles. The van der Waals surface area contributed by atoms with E-state index in [4.69, 9.17) is 16.3 Å². The number of halogens is 1. The van der Waals surface area contributed by atoms with Crippen LogP contribution in [0.3, 0.4) is 0 Å². The SMILES string of the molecule is CS(=O)(=O)N1CCN(C(=O)N2CCOc3cc(Cl)ccc32)CC1. The molecule has 3 rings (SSSR count). The Balaban J connectivity index is 1.73. The van der Waals surface area contributed by atoms with Crippen molar-refractivity contribution >= 4 is 33.3 Å². The molecular weight excluding hydrogens is 342 g/mol. The molecule has 2 amide bonds. The van der Waals surface area contributed by atoms with Gasteiger partial charge in [-0.3, -0.25) is 4.90 Å². The van der Waals surface area contributed by atoms with Crippen LogP contribution in [0.5, 0.6) is 5.75 Å². The Labute approximate surface area is 140 Å². The molecule has 9 heteroatoms. The van der Waals surface area contributed by atoms with Crippen LogP contribution in [0, 0.1) is 0 Å². The van der Waals surface area contributed by atoms with Crippen molar-refractivity contribution in [2.75, 3.05) is 50.5 Å². The maximum Gasteiger partial charge on any atom is 0.324 e. The fourth-order valence-corrected chi connectivity index (χ4v) is 3.76. The van der Waals surface area contributed by atoms with Crippen LogP contribution in [0.4, 0.5) is 10.5 Å². The highest BCUT2D eigenvalue weighted by Gasteiger charge is 2.31. The number of benzene rings is 1. The Morgan fingerprint density at radius 1 is 1.17 bits per heavy atom. The van der Waals surface area contributed by atoms with Gasteiger partial charge in [-0.05, 0) is 12.1 Å². The van der Waals surface area contributed by atoms with Crippen LogP contribution in [-0.4, -0.2) is 69.2 Å². The van der Waals surface area contributed by atoms with Crippen LogP contribution >= 0.6 is 11.6 Å². The molecular formula is C14H18ClN3O4S. The summed E-state index contributed by atoms with van der Waals surface area (Å²) in [5.41, 5.74) is 0.691. The van der Waals surface area contributed by atoms with E-state index >= 15 is 0 Å². The number of hydrogen-bond acceptors (Lipinski definition) is 4. The van der Waals surface area contributed by atoms with Crippen molar-refractivity contribution < 1.29 is 17.9 Å². The second-order valence-electron chi connectivity index (χ2n) is 5.54. The van der Waals surface area contributed by atoms with E-state index in [0.717, 1.165) is 0 Å². The number of carbonyl (C=O) groups excluding carboxylic acids is 1. The molecule has 1 aromatic rings. The van der Waals surface area contributed by atoms with E-state index in [-0.39, 0.29) is 6.03 Å². The largest absolute Gasteiger partial charge is 0.489 e. The summed E-state index contributed by atoms with van der Waals surface area (Å²) in [6.45, 7) is 2.27. The molecule has 2 aliphatic heterocycles. The number of piperazine rings is 1. The zero-order valence-corrected chi connectivity index (χ0v) is 14.3. The molecule has 1 saturated heterocycles. The van der Waals surface area contributed by atoms with Crippen LogP contribution in [0.15, 0.2) is 18.2 Å². The molecule has 0 spiro atoms. The van der Waals surface area contributed by atoms with Crippen LogP contribution in [0.1, 0.15) is 0 Å². The van der Waals surface area contributed by atoms with Crippen LogP contribution in [0.25, 0.3) is 0 Å². The molecule has 0 unspecified atom stereocenters. The van der Waals surface area contributed by atoms with E-state index in [9.17, 15) is 13.2 Å². The molecule has 2 heterocycles. The Morgan fingerprint density at radius 2 is 1.87 bits per heavy atom. The molecule has 1 aromatic carbocycles. The van der Waals surface area contributed by atoms with Gasteiger partial charge in [-0.25, -0.2) is 13.2 Å². The number of carbonyl (C=O) groups is 1. The molecule has 23 heavy (non-hydrogen) atoms. The standard InChI is InChI=1S/C14H18ClN3O4S/c1-23(20,21)17-6-4-16(5-7-17)14(19)18-8-9-22-13-10-11(15)2-3-12(13)18/h2-3,10H,4-9H2,1H3. The summed E-state index contributed by atoms with van der Waals surface area (Å²) in [6, 6.07) is 5.04. The maximum absolute atomic E-state index is 12.8. The summed E-state index contributed by atoms with van der Waals surface area (Å²) in [7, 11) is -3.21. The van der Waals surface area contributed by atoms with E-state index in [0.29, 0.717) is 55.8 Å². The summed E-state index contributed by atoms with van der Waals surface area (Å²) in [6.07, 6.45) is 1.19.